The lowest BCUT2D eigenvalue weighted by molar-refractivity contribution is 0.0337. The number of imidazole rings is 4. The molecule has 2 saturated heterocycles. The molecule has 19 aromatic rings. The summed E-state index contributed by atoms with van der Waals surface area (Å²) in [5, 5.41) is 24.0. The van der Waals surface area contributed by atoms with Crippen molar-refractivity contribution < 1.29 is 28.5 Å². The molecule has 0 bridgehead atoms. The summed E-state index contributed by atoms with van der Waals surface area (Å²) < 4.78 is 32.8. The van der Waals surface area contributed by atoms with Crippen LogP contribution in [-0.2, 0) is 42.2 Å². The summed E-state index contributed by atoms with van der Waals surface area (Å²) >= 11 is 25.9. The summed E-state index contributed by atoms with van der Waals surface area (Å²) in [6, 6.07) is 54.7. The van der Waals surface area contributed by atoms with E-state index < -0.39 is 0 Å². The highest BCUT2D eigenvalue weighted by molar-refractivity contribution is 6.37. The fourth-order valence-corrected chi connectivity index (χ4v) is 17.9. The Morgan fingerprint density at radius 2 is 0.723 bits per heavy atom. The van der Waals surface area contributed by atoms with Crippen molar-refractivity contribution in [3.8, 4) is 17.2 Å². The molecule has 2 aliphatic heterocycles. The molecule has 0 aliphatic carbocycles. The molecule has 694 valence electrons. The van der Waals surface area contributed by atoms with Crippen molar-refractivity contribution in [2.45, 2.75) is 84.6 Å². The molecule has 0 amide bonds. The van der Waals surface area contributed by atoms with E-state index >= 15 is 0 Å². The van der Waals surface area contributed by atoms with Crippen LogP contribution in [0, 0.1) is 0 Å². The normalized spacial score (nSPS) is 13.8. The van der Waals surface area contributed by atoms with E-state index in [4.69, 9.17) is 85.0 Å². The molecule has 0 spiro atoms. The highest BCUT2D eigenvalue weighted by Gasteiger charge is 2.26. The molecule has 21 rings (SSSR count). The summed E-state index contributed by atoms with van der Waals surface area (Å²) in [5.74, 6) is 5.08. The third-order valence-electron chi connectivity index (χ3n) is 23.9. The Bertz CT molecular complexity index is 7320. The van der Waals surface area contributed by atoms with Gasteiger partial charge in [0.2, 0.25) is 0 Å². The van der Waals surface area contributed by atoms with E-state index in [0.717, 1.165) is 210 Å². The molecule has 4 atom stereocenters. The maximum Gasteiger partial charge on any atom is 0.182 e. The zero-order valence-electron chi connectivity index (χ0n) is 76.0. The number of anilines is 4. The lowest BCUT2D eigenvalue weighted by Crippen LogP contribution is -2.36. The predicted molar refractivity (Wildman–Crippen MR) is 537 cm³/mol. The third-order valence-corrected chi connectivity index (χ3v) is 25.2. The Labute approximate surface area is 807 Å². The van der Waals surface area contributed by atoms with Crippen molar-refractivity contribution >= 4 is 170 Å². The molecule has 0 saturated carbocycles. The van der Waals surface area contributed by atoms with Crippen LogP contribution in [0.15, 0.2) is 227 Å². The SMILES string of the molecule is C=Cc1nc([C@H](C)Nc2ncnc3c2ncn3Cc2ccc(OC)cc2)cc2cccc(Cl)c12.COc1ccc(Cn2cnc3c(N[C@@H](C)c4cc5cccc(Cl)c5c(C=O)n4)ncnc32)cc1.COc1ccc(Cn2cnc3c(N[C@@H](C)c4cc5cccc(Cl)c5c(CN5CCOCC5)n4)ncnc32)cc1.C[C@H](Nc1ncnc2nc[nH]c12)c1cc2cccc(Cl)c2c(CN2CCOCC2)n1. The number of aldehydes is 1. The molecular formula is C101H96Cl4N26O6. The number of H-pyrrole nitrogens is 1. The van der Waals surface area contributed by atoms with Gasteiger partial charge in [-0.15, -0.1) is 0 Å². The van der Waals surface area contributed by atoms with Gasteiger partial charge < -0.3 is 63.6 Å². The number of ether oxygens (including phenoxy) is 5. The number of methoxy groups -OCH3 is 3. The highest BCUT2D eigenvalue weighted by Crippen LogP contribution is 2.38. The van der Waals surface area contributed by atoms with Gasteiger partial charge in [0.1, 0.15) is 70.3 Å². The van der Waals surface area contributed by atoms with E-state index in [1.165, 1.54) is 12.7 Å². The number of morpholine rings is 2. The van der Waals surface area contributed by atoms with Crippen LogP contribution in [0.4, 0.5) is 23.3 Å². The Hall–Kier alpha value is -14.6. The van der Waals surface area contributed by atoms with Crippen LogP contribution < -0.4 is 35.5 Å². The first kappa shape index (κ1) is 92.8. The van der Waals surface area contributed by atoms with Crippen LogP contribution in [0.2, 0.25) is 20.1 Å². The van der Waals surface area contributed by atoms with Crippen LogP contribution in [0.5, 0.6) is 17.2 Å². The Morgan fingerprint density at radius 1 is 0.394 bits per heavy atom. The quantitative estimate of drug-likeness (QED) is 0.0299. The number of nitrogens with zero attached hydrogens (tertiary/aromatic N) is 21. The standard InChI is InChI=1S/C29H30ClN7O2.C26H23ClN6O.C25H21ClN6O2.C21H22ClN7O/c1-19(24-14-21-4-3-5-23(30)26(21)25(35-24)16-36-10-12-39-13-11-36)34-28-27-29(32-17-31-28)37(18-33-27)15-20-6-8-22(38-2)9-7-20;1-4-21-23-18(6-5-7-20(23)27)12-22(32-21)16(2)31-25-24-26(29-14-28-25)33(15-30-24)13-17-8-10-19(34-3)11-9-17;1-15(20-10-17-4-3-5-19(26)22(17)21(12-33)31-20)30-24-23-25(28-13-27-24)32(14-29-23)11-16-6-8-18(34-2)9-7-16;1-13(27-21-19-20(24-11-23-19)25-12-26-21)16-9-14-3-2-4-15(22)18(14)17(28-16)10-29-5-7-30-8-6-29/h3-9,14,17-19H,10-13,15-16H2,1-2H3,(H,31,32,34);4-12,14-16H,1,13H2,2-3H3,(H,28,29,31);3-10,12-15H,11H2,1-2H3,(H,27,28,30);2-4,9,11-13H,5-8,10H2,1H3,(H2,23,24,25,26,27)/t19-;16-;15-;13-/m0000/s1. The largest absolute Gasteiger partial charge is 0.497 e. The van der Waals surface area contributed by atoms with Crippen molar-refractivity contribution in [1.29, 1.82) is 0 Å². The van der Waals surface area contributed by atoms with E-state index in [9.17, 15) is 4.79 Å². The fourth-order valence-electron chi connectivity index (χ4n) is 16.7. The molecule has 0 radical (unpaired) electrons. The lowest BCUT2D eigenvalue weighted by atomic mass is 10.1. The molecule has 7 aromatic carbocycles. The van der Waals surface area contributed by atoms with Gasteiger partial charge in [0.25, 0.3) is 0 Å². The number of hydrogen-bond donors (Lipinski definition) is 5. The topological polar surface area (TPSA) is 355 Å². The summed E-state index contributed by atoms with van der Waals surface area (Å²) in [6.45, 7) is 21.9. The lowest BCUT2D eigenvalue weighted by Gasteiger charge is -2.27. The van der Waals surface area contributed by atoms with Crippen molar-refractivity contribution in [1.82, 2.24) is 108 Å². The van der Waals surface area contributed by atoms with Crippen molar-refractivity contribution in [3.63, 3.8) is 0 Å². The number of aromatic nitrogens is 20. The van der Waals surface area contributed by atoms with E-state index in [1.807, 2.05) is 167 Å². The number of aromatic amines is 1. The molecule has 36 heteroatoms. The van der Waals surface area contributed by atoms with Gasteiger partial charge in [0, 0.05) is 60.8 Å². The molecule has 2 aliphatic rings. The number of carbonyl (C=O) groups excluding carboxylic acids is 1. The number of nitrogens with one attached hydrogen (secondary N) is 5. The van der Waals surface area contributed by atoms with Crippen LogP contribution in [0.25, 0.3) is 93.8 Å². The molecule has 0 unspecified atom stereocenters. The average molecular weight is 1910 g/mol. The second-order valence-electron chi connectivity index (χ2n) is 32.9. The molecule has 14 heterocycles. The van der Waals surface area contributed by atoms with Gasteiger partial charge in [-0.25, -0.2) is 64.8 Å². The maximum absolute atomic E-state index is 11.7. The van der Waals surface area contributed by atoms with Crippen molar-refractivity contribution in [2.75, 3.05) is 95.2 Å². The first-order chi connectivity index (χ1) is 66.9. The van der Waals surface area contributed by atoms with Gasteiger partial charge in [0.15, 0.2) is 52.1 Å². The smallest absolute Gasteiger partial charge is 0.182 e. The second-order valence-corrected chi connectivity index (χ2v) is 34.6. The molecule has 137 heavy (non-hydrogen) atoms. The van der Waals surface area contributed by atoms with Gasteiger partial charge in [-0.2, -0.15) is 0 Å². The molecule has 12 aromatic heterocycles. The predicted octanol–water partition coefficient (Wildman–Crippen LogP) is 19.6. The maximum atomic E-state index is 11.7. The number of fused-ring (bicyclic) bond motifs is 8. The molecule has 32 nitrogen and oxygen atoms in total. The Kier molecular flexibility index (Phi) is 28.8. The average Bonchev–Trinajstić information content (AvgIpc) is 1.44. The van der Waals surface area contributed by atoms with Gasteiger partial charge in [-0.3, -0.25) is 29.5 Å². The molecule has 2 fully saturated rings. The fraction of sp³-hybridized carbons (Fsp3) is 0.238. The number of rotatable bonds is 27. The van der Waals surface area contributed by atoms with E-state index in [1.54, 1.807) is 71.4 Å². The second kappa shape index (κ2) is 42.5. The van der Waals surface area contributed by atoms with Gasteiger partial charge in [-0.05, 0) is 157 Å². The van der Waals surface area contributed by atoms with Crippen molar-refractivity contribution in [3.05, 3.63) is 309 Å². The zero-order valence-corrected chi connectivity index (χ0v) is 79.0. The third kappa shape index (κ3) is 21.1. The Morgan fingerprint density at radius 3 is 1.09 bits per heavy atom. The minimum atomic E-state index is -0.244. The van der Waals surface area contributed by atoms with Gasteiger partial charge in [0.05, 0.1) is 177 Å². The monoisotopic (exact) mass is 1910 g/mol. The summed E-state index contributed by atoms with van der Waals surface area (Å²) in [5.41, 5.74) is 15.5. The number of benzene rings is 7. The van der Waals surface area contributed by atoms with Crippen LogP contribution in [-0.4, -0.2) is 188 Å². The van der Waals surface area contributed by atoms with E-state index in [-0.39, 0.29) is 24.2 Å². The summed E-state index contributed by atoms with van der Waals surface area (Å²) in [7, 11) is 4.97. The van der Waals surface area contributed by atoms with Crippen LogP contribution in [0.1, 0.15) is 119 Å². The van der Waals surface area contributed by atoms with Gasteiger partial charge in [-0.1, -0.05) is 138 Å². The first-order valence-corrected chi connectivity index (χ1v) is 46.0. The minimum Gasteiger partial charge on any atom is -0.497 e. The zero-order chi connectivity index (χ0) is 94.6. The minimum absolute atomic E-state index is 0.0711. The van der Waals surface area contributed by atoms with E-state index in [0.29, 0.717) is 92.1 Å². The van der Waals surface area contributed by atoms with Crippen LogP contribution in [0.3, 0.4) is 0 Å². The van der Waals surface area contributed by atoms with Crippen molar-refractivity contribution in [2.24, 2.45) is 0 Å². The van der Waals surface area contributed by atoms with Crippen LogP contribution >= 0.6 is 46.4 Å². The molecule has 5 N–H and O–H groups in total. The number of carbonyl (C=O) groups is 1. The number of hydrogen-bond acceptors (Lipinski definition) is 28. The first-order valence-electron chi connectivity index (χ1n) is 44.5. The number of halogens is 4. The van der Waals surface area contributed by atoms with Gasteiger partial charge >= 0.3 is 0 Å². The summed E-state index contributed by atoms with van der Waals surface area (Å²) in [6.07, 6.45) is 15.5. The summed E-state index contributed by atoms with van der Waals surface area (Å²) in [4.78, 5) is 92.3. The Balaban J connectivity index is 0.000000122. The molecular weight excluding hydrogens is 1820 g/mol. The number of pyridine rings is 4. The highest BCUT2D eigenvalue weighted by atomic mass is 35.5. The van der Waals surface area contributed by atoms with E-state index in [2.05, 4.69) is 146 Å².